The van der Waals surface area contributed by atoms with E-state index in [4.69, 9.17) is 9.47 Å². The molecule has 162 valence electrons. The maximum atomic E-state index is 13.0. The number of rotatable bonds is 7. The SMILES string of the molecule is CCc1ccc(C(C)NS(=O)(=O)c2ccc(OC)c(C(=O)N3CCOCC3)c2)cc1. The molecule has 1 fully saturated rings. The second-order valence-corrected chi connectivity index (χ2v) is 8.92. The van der Waals surface area contributed by atoms with Crippen LogP contribution in [0, 0.1) is 0 Å². The van der Waals surface area contributed by atoms with Crippen molar-refractivity contribution in [3.63, 3.8) is 0 Å². The van der Waals surface area contributed by atoms with Gasteiger partial charge in [-0.25, -0.2) is 13.1 Å². The molecule has 30 heavy (non-hydrogen) atoms. The van der Waals surface area contributed by atoms with E-state index < -0.39 is 16.1 Å². The Labute approximate surface area is 178 Å². The number of carbonyl (C=O) groups excluding carboxylic acids is 1. The van der Waals surface area contributed by atoms with Crippen LogP contribution in [0.5, 0.6) is 5.75 Å². The van der Waals surface area contributed by atoms with Gasteiger partial charge in [-0.3, -0.25) is 4.79 Å². The molecular formula is C22H28N2O5S. The summed E-state index contributed by atoms with van der Waals surface area (Å²) in [6.45, 7) is 5.70. The minimum Gasteiger partial charge on any atom is -0.496 e. The Hall–Kier alpha value is -2.42. The van der Waals surface area contributed by atoms with Crippen molar-refractivity contribution in [1.29, 1.82) is 0 Å². The van der Waals surface area contributed by atoms with Gasteiger partial charge in [-0.05, 0) is 42.7 Å². The first-order valence-electron chi connectivity index (χ1n) is 10.0. The molecule has 2 aromatic rings. The molecule has 0 saturated carbocycles. The van der Waals surface area contributed by atoms with Crippen LogP contribution in [0.15, 0.2) is 47.4 Å². The van der Waals surface area contributed by atoms with Crippen LogP contribution < -0.4 is 9.46 Å². The summed E-state index contributed by atoms with van der Waals surface area (Å²) in [7, 11) is -2.38. The van der Waals surface area contributed by atoms with Crippen molar-refractivity contribution in [3.8, 4) is 5.75 Å². The summed E-state index contributed by atoms with van der Waals surface area (Å²) in [6, 6.07) is 11.8. The Bertz CT molecular complexity index is 983. The number of amides is 1. The highest BCUT2D eigenvalue weighted by atomic mass is 32.2. The van der Waals surface area contributed by atoms with Crippen molar-refractivity contribution in [2.45, 2.75) is 31.2 Å². The molecule has 0 radical (unpaired) electrons. The van der Waals surface area contributed by atoms with Crippen LogP contribution in [0.3, 0.4) is 0 Å². The van der Waals surface area contributed by atoms with E-state index in [1.165, 1.54) is 30.9 Å². The summed E-state index contributed by atoms with van der Waals surface area (Å²) < 4.78 is 39.3. The largest absolute Gasteiger partial charge is 0.496 e. The summed E-state index contributed by atoms with van der Waals surface area (Å²) in [5, 5.41) is 0. The Balaban J connectivity index is 1.84. The third-order valence-corrected chi connectivity index (χ3v) is 6.77. The van der Waals surface area contributed by atoms with Crippen LogP contribution in [0.1, 0.15) is 41.4 Å². The van der Waals surface area contributed by atoms with Gasteiger partial charge in [-0.1, -0.05) is 31.2 Å². The van der Waals surface area contributed by atoms with Crippen molar-refractivity contribution in [3.05, 3.63) is 59.2 Å². The number of sulfonamides is 1. The number of morpholine rings is 1. The lowest BCUT2D eigenvalue weighted by Crippen LogP contribution is -2.40. The number of aryl methyl sites for hydroxylation is 1. The number of ether oxygens (including phenoxy) is 2. The standard InChI is InChI=1S/C22H28N2O5S/c1-4-17-5-7-18(8-6-17)16(2)23-30(26,27)19-9-10-21(28-3)20(15-19)22(25)24-11-13-29-14-12-24/h5-10,15-16,23H,4,11-14H2,1-3H3. The molecule has 1 heterocycles. The van der Waals surface area contributed by atoms with Gasteiger partial charge in [-0.2, -0.15) is 0 Å². The molecule has 1 N–H and O–H groups in total. The maximum Gasteiger partial charge on any atom is 0.257 e. The van der Waals surface area contributed by atoms with E-state index in [-0.39, 0.29) is 16.4 Å². The smallest absolute Gasteiger partial charge is 0.257 e. The number of nitrogens with one attached hydrogen (secondary N) is 1. The van der Waals surface area contributed by atoms with Crippen LogP contribution >= 0.6 is 0 Å². The fraction of sp³-hybridized carbons (Fsp3) is 0.409. The summed E-state index contributed by atoms with van der Waals surface area (Å²) in [6.07, 6.45) is 0.923. The highest BCUT2D eigenvalue weighted by Gasteiger charge is 2.25. The molecule has 7 nitrogen and oxygen atoms in total. The fourth-order valence-electron chi connectivity index (χ4n) is 3.37. The summed E-state index contributed by atoms with van der Waals surface area (Å²) in [5.74, 6) is 0.0732. The third-order valence-electron chi connectivity index (χ3n) is 5.23. The molecule has 0 bridgehead atoms. The van der Waals surface area contributed by atoms with E-state index in [2.05, 4.69) is 11.6 Å². The quantitative estimate of drug-likeness (QED) is 0.727. The minimum atomic E-state index is -3.84. The number of benzene rings is 2. The van der Waals surface area contributed by atoms with Gasteiger partial charge in [-0.15, -0.1) is 0 Å². The molecule has 1 unspecified atom stereocenters. The van der Waals surface area contributed by atoms with Gasteiger partial charge in [0.25, 0.3) is 5.91 Å². The van der Waals surface area contributed by atoms with Crippen molar-refractivity contribution in [2.75, 3.05) is 33.4 Å². The first kappa shape index (κ1) is 22.3. The molecule has 1 saturated heterocycles. The van der Waals surface area contributed by atoms with Gasteiger partial charge < -0.3 is 14.4 Å². The average Bonchev–Trinajstić information content (AvgIpc) is 2.78. The van der Waals surface area contributed by atoms with E-state index in [9.17, 15) is 13.2 Å². The normalized spacial score (nSPS) is 15.6. The molecule has 1 atom stereocenters. The van der Waals surface area contributed by atoms with Crippen LogP contribution in [0.2, 0.25) is 0 Å². The molecule has 8 heteroatoms. The van der Waals surface area contributed by atoms with Crippen molar-refractivity contribution < 1.29 is 22.7 Å². The molecule has 2 aromatic carbocycles. The molecule has 0 aliphatic carbocycles. The number of hydrogen-bond acceptors (Lipinski definition) is 5. The van der Waals surface area contributed by atoms with Crippen molar-refractivity contribution in [1.82, 2.24) is 9.62 Å². The summed E-state index contributed by atoms with van der Waals surface area (Å²) >= 11 is 0. The first-order chi connectivity index (χ1) is 14.4. The second-order valence-electron chi connectivity index (χ2n) is 7.20. The van der Waals surface area contributed by atoms with Crippen LogP contribution in [-0.4, -0.2) is 52.6 Å². The molecule has 0 aromatic heterocycles. The van der Waals surface area contributed by atoms with Gasteiger partial charge in [0.15, 0.2) is 0 Å². The highest BCUT2D eigenvalue weighted by Crippen LogP contribution is 2.26. The van der Waals surface area contributed by atoms with E-state index in [1.807, 2.05) is 24.3 Å². The molecule has 1 aliphatic heterocycles. The van der Waals surface area contributed by atoms with Crippen LogP contribution in [0.25, 0.3) is 0 Å². The van der Waals surface area contributed by atoms with E-state index >= 15 is 0 Å². The third kappa shape index (κ3) is 5.00. The number of methoxy groups -OCH3 is 1. The number of nitrogens with zero attached hydrogens (tertiary/aromatic N) is 1. The second kappa shape index (κ2) is 9.59. The lowest BCUT2D eigenvalue weighted by molar-refractivity contribution is 0.0300. The predicted molar refractivity (Wildman–Crippen MR) is 114 cm³/mol. The average molecular weight is 433 g/mol. The monoisotopic (exact) mass is 432 g/mol. The Morgan fingerprint density at radius 1 is 1.17 bits per heavy atom. The van der Waals surface area contributed by atoms with E-state index in [0.29, 0.717) is 32.1 Å². The Morgan fingerprint density at radius 3 is 2.43 bits per heavy atom. The zero-order valence-corrected chi connectivity index (χ0v) is 18.4. The fourth-order valence-corrected chi connectivity index (χ4v) is 4.63. The predicted octanol–water partition coefficient (Wildman–Crippen LogP) is 2.77. The summed E-state index contributed by atoms with van der Waals surface area (Å²) in [5.41, 5.74) is 2.28. The lowest BCUT2D eigenvalue weighted by Gasteiger charge is -2.27. The van der Waals surface area contributed by atoms with Gasteiger partial charge in [0.1, 0.15) is 5.75 Å². The maximum absolute atomic E-state index is 13.0. The van der Waals surface area contributed by atoms with Crippen LogP contribution in [-0.2, 0) is 21.2 Å². The Morgan fingerprint density at radius 2 is 1.83 bits per heavy atom. The molecule has 0 spiro atoms. The Kier molecular flexibility index (Phi) is 7.12. The van der Waals surface area contributed by atoms with Gasteiger partial charge >= 0.3 is 0 Å². The van der Waals surface area contributed by atoms with Gasteiger partial charge in [0, 0.05) is 19.1 Å². The lowest BCUT2D eigenvalue weighted by atomic mass is 10.1. The minimum absolute atomic E-state index is 0.0249. The van der Waals surface area contributed by atoms with E-state index in [0.717, 1.165) is 12.0 Å². The topological polar surface area (TPSA) is 84.9 Å². The van der Waals surface area contributed by atoms with Crippen molar-refractivity contribution >= 4 is 15.9 Å². The zero-order valence-electron chi connectivity index (χ0n) is 17.6. The molecule has 3 rings (SSSR count). The molecule has 1 amide bonds. The molecule has 1 aliphatic rings. The molecular weight excluding hydrogens is 404 g/mol. The highest BCUT2D eigenvalue weighted by molar-refractivity contribution is 7.89. The van der Waals surface area contributed by atoms with Gasteiger partial charge in [0.05, 0.1) is 30.8 Å². The number of carbonyl (C=O) groups is 1. The van der Waals surface area contributed by atoms with Gasteiger partial charge in [0.2, 0.25) is 10.0 Å². The number of hydrogen-bond donors (Lipinski definition) is 1. The summed E-state index contributed by atoms with van der Waals surface area (Å²) in [4.78, 5) is 14.6. The van der Waals surface area contributed by atoms with E-state index in [1.54, 1.807) is 11.8 Å². The van der Waals surface area contributed by atoms with Crippen LogP contribution in [0.4, 0.5) is 0 Å². The first-order valence-corrected chi connectivity index (χ1v) is 11.5. The van der Waals surface area contributed by atoms with Crippen molar-refractivity contribution in [2.24, 2.45) is 0 Å². The zero-order chi connectivity index (χ0) is 21.7.